The summed E-state index contributed by atoms with van der Waals surface area (Å²) in [6.45, 7) is 3.78. The van der Waals surface area contributed by atoms with Gasteiger partial charge in [0.15, 0.2) is 0 Å². The van der Waals surface area contributed by atoms with Crippen molar-refractivity contribution in [3.63, 3.8) is 0 Å². The van der Waals surface area contributed by atoms with Crippen LogP contribution in [-0.4, -0.2) is 35.0 Å². The minimum absolute atomic E-state index is 0.0913. The van der Waals surface area contributed by atoms with Crippen molar-refractivity contribution in [1.82, 2.24) is 4.90 Å². The number of carboxylic acid groups (broad SMARTS) is 1. The number of amides is 1. The zero-order valence-electron chi connectivity index (χ0n) is 11.1. The van der Waals surface area contributed by atoms with Crippen LogP contribution in [0, 0.1) is 17.8 Å². The van der Waals surface area contributed by atoms with E-state index in [4.69, 9.17) is 0 Å². The van der Waals surface area contributed by atoms with Crippen LogP contribution in [0.5, 0.6) is 0 Å². The van der Waals surface area contributed by atoms with Crippen LogP contribution in [0.2, 0.25) is 0 Å². The van der Waals surface area contributed by atoms with Gasteiger partial charge in [0, 0.05) is 13.1 Å². The van der Waals surface area contributed by atoms with Crippen LogP contribution in [-0.2, 0) is 9.59 Å². The molecule has 1 saturated heterocycles. The minimum atomic E-state index is -0.793. The van der Waals surface area contributed by atoms with E-state index in [9.17, 15) is 14.7 Å². The number of carbonyl (C=O) groups is 2. The molecule has 1 aliphatic heterocycles. The molecule has 1 saturated carbocycles. The van der Waals surface area contributed by atoms with Gasteiger partial charge in [-0.1, -0.05) is 19.8 Å². The van der Waals surface area contributed by atoms with Crippen molar-refractivity contribution in [1.29, 1.82) is 0 Å². The summed E-state index contributed by atoms with van der Waals surface area (Å²) in [7, 11) is 0. The third kappa shape index (κ3) is 2.85. The van der Waals surface area contributed by atoms with E-state index >= 15 is 0 Å². The first kappa shape index (κ1) is 13.4. The maximum atomic E-state index is 12.5. The van der Waals surface area contributed by atoms with Gasteiger partial charge in [0.2, 0.25) is 5.91 Å². The number of hydrogen-bond donors (Lipinski definition) is 1. The molecule has 3 atom stereocenters. The standard InChI is InChI=1S/C14H23NO3/c1-10-5-4-8-15(9-10)13(16)11-6-2-3-7-12(11)14(17)18/h10-12H,2-9H2,1H3,(H,17,18)/t10-,11+,12+/m1/s1. The first-order valence-corrected chi connectivity index (χ1v) is 7.11. The number of nitrogens with zero attached hydrogens (tertiary/aromatic N) is 1. The SMILES string of the molecule is C[C@@H]1CCCN(C(=O)[C@H]2CCCC[C@@H]2C(=O)O)C1. The molecule has 2 rings (SSSR count). The average molecular weight is 253 g/mol. The van der Waals surface area contributed by atoms with Crippen LogP contribution in [0.25, 0.3) is 0 Å². The van der Waals surface area contributed by atoms with E-state index in [1.807, 2.05) is 4.90 Å². The Balaban J connectivity index is 2.03. The lowest BCUT2D eigenvalue weighted by Crippen LogP contribution is -2.46. The highest BCUT2D eigenvalue weighted by Gasteiger charge is 2.38. The van der Waals surface area contributed by atoms with Gasteiger partial charge < -0.3 is 10.0 Å². The molecule has 1 aliphatic carbocycles. The summed E-state index contributed by atoms with van der Waals surface area (Å²) in [5, 5.41) is 9.24. The quantitative estimate of drug-likeness (QED) is 0.820. The van der Waals surface area contributed by atoms with Gasteiger partial charge in [-0.05, 0) is 31.6 Å². The smallest absolute Gasteiger partial charge is 0.307 e. The van der Waals surface area contributed by atoms with Gasteiger partial charge in [0.25, 0.3) is 0 Å². The van der Waals surface area contributed by atoms with E-state index in [2.05, 4.69) is 6.92 Å². The average Bonchev–Trinajstić information content (AvgIpc) is 2.38. The zero-order chi connectivity index (χ0) is 13.1. The summed E-state index contributed by atoms with van der Waals surface area (Å²) in [6, 6.07) is 0. The van der Waals surface area contributed by atoms with Crippen molar-refractivity contribution >= 4 is 11.9 Å². The topological polar surface area (TPSA) is 57.6 Å². The Labute approximate surface area is 108 Å². The van der Waals surface area contributed by atoms with Gasteiger partial charge in [-0.3, -0.25) is 9.59 Å². The molecule has 4 heteroatoms. The Morgan fingerprint density at radius 2 is 1.72 bits per heavy atom. The number of carbonyl (C=O) groups excluding carboxylic acids is 1. The van der Waals surface area contributed by atoms with Gasteiger partial charge in [0.05, 0.1) is 11.8 Å². The van der Waals surface area contributed by atoms with Crippen molar-refractivity contribution in [2.75, 3.05) is 13.1 Å². The lowest BCUT2D eigenvalue weighted by atomic mass is 9.78. The molecule has 0 aromatic heterocycles. The van der Waals surface area contributed by atoms with E-state index < -0.39 is 11.9 Å². The summed E-state index contributed by atoms with van der Waals surface area (Å²) in [4.78, 5) is 25.6. The molecule has 2 fully saturated rings. The molecule has 102 valence electrons. The number of aliphatic carboxylic acids is 1. The number of piperidine rings is 1. The van der Waals surface area contributed by atoms with Crippen LogP contribution in [0.15, 0.2) is 0 Å². The lowest BCUT2D eigenvalue weighted by molar-refractivity contribution is -0.153. The second-order valence-corrected chi connectivity index (χ2v) is 5.87. The normalized spacial score (nSPS) is 33.2. The molecule has 0 unspecified atom stereocenters. The molecule has 18 heavy (non-hydrogen) atoms. The second-order valence-electron chi connectivity index (χ2n) is 5.87. The number of hydrogen-bond acceptors (Lipinski definition) is 2. The number of carboxylic acids is 1. The molecule has 1 heterocycles. The Hall–Kier alpha value is -1.06. The highest BCUT2D eigenvalue weighted by molar-refractivity contribution is 5.85. The van der Waals surface area contributed by atoms with E-state index in [0.717, 1.165) is 38.8 Å². The summed E-state index contributed by atoms with van der Waals surface area (Å²) in [5.74, 6) is -0.883. The molecular formula is C14H23NO3. The van der Waals surface area contributed by atoms with E-state index in [0.29, 0.717) is 12.3 Å². The summed E-state index contributed by atoms with van der Waals surface area (Å²) < 4.78 is 0. The van der Waals surface area contributed by atoms with Crippen LogP contribution in [0.4, 0.5) is 0 Å². The molecule has 0 aromatic carbocycles. The third-order valence-corrected chi connectivity index (χ3v) is 4.37. The molecule has 0 spiro atoms. The fourth-order valence-corrected chi connectivity index (χ4v) is 3.35. The number of rotatable bonds is 2. The van der Waals surface area contributed by atoms with Crippen LogP contribution in [0.3, 0.4) is 0 Å². The molecule has 0 aromatic rings. The Kier molecular flexibility index (Phi) is 4.25. The maximum absolute atomic E-state index is 12.5. The van der Waals surface area contributed by atoms with E-state index in [-0.39, 0.29) is 11.8 Å². The predicted octanol–water partition coefficient (Wildman–Crippen LogP) is 2.14. The van der Waals surface area contributed by atoms with Crippen molar-refractivity contribution in [2.45, 2.75) is 45.4 Å². The van der Waals surface area contributed by atoms with Crippen LogP contribution >= 0.6 is 0 Å². The Morgan fingerprint density at radius 1 is 1.06 bits per heavy atom. The van der Waals surface area contributed by atoms with Crippen LogP contribution in [0.1, 0.15) is 45.4 Å². The molecular weight excluding hydrogens is 230 g/mol. The van der Waals surface area contributed by atoms with Crippen molar-refractivity contribution in [2.24, 2.45) is 17.8 Å². The summed E-state index contributed by atoms with van der Waals surface area (Å²) in [5.41, 5.74) is 0. The van der Waals surface area contributed by atoms with Gasteiger partial charge in [0.1, 0.15) is 0 Å². The third-order valence-electron chi connectivity index (χ3n) is 4.37. The zero-order valence-corrected chi connectivity index (χ0v) is 11.1. The first-order chi connectivity index (χ1) is 8.59. The van der Waals surface area contributed by atoms with Crippen LogP contribution < -0.4 is 0 Å². The molecule has 1 amide bonds. The molecule has 0 bridgehead atoms. The van der Waals surface area contributed by atoms with E-state index in [1.165, 1.54) is 6.42 Å². The fourth-order valence-electron chi connectivity index (χ4n) is 3.35. The first-order valence-electron chi connectivity index (χ1n) is 7.11. The Morgan fingerprint density at radius 3 is 2.33 bits per heavy atom. The second kappa shape index (κ2) is 5.72. The van der Waals surface area contributed by atoms with Gasteiger partial charge in [-0.15, -0.1) is 0 Å². The molecule has 4 nitrogen and oxygen atoms in total. The van der Waals surface area contributed by atoms with Crippen molar-refractivity contribution in [3.8, 4) is 0 Å². The van der Waals surface area contributed by atoms with E-state index in [1.54, 1.807) is 0 Å². The summed E-state index contributed by atoms with van der Waals surface area (Å²) >= 11 is 0. The fraction of sp³-hybridized carbons (Fsp3) is 0.857. The minimum Gasteiger partial charge on any atom is -0.481 e. The lowest BCUT2D eigenvalue weighted by Gasteiger charge is -2.36. The molecule has 2 aliphatic rings. The Bertz CT molecular complexity index is 329. The van der Waals surface area contributed by atoms with Crippen molar-refractivity contribution < 1.29 is 14.7 Å². The monoisotopic (exact) mass is 253 g/mol. The maximum Gasteiger partial charge on any atom is 0.307 e. The highest BCUT2D eigenvalue weighted by Crippen LogP contribution is 2.32. The van der Waals surface area contributed by atoms with Gasteiger partial charge in [-0.2, -0.15) is 0 Å². The largest absolute Gasteiger partial charge is 0.481 e. The summed E-state index contributed by atoms with van der Waals surface area (Å²) in [6.07, 6.45) is 5.57. The molecule has 0 radical (unpaired) electrons. The van der Waals surface area contributed by atoms with Gasteiger partial charge >= 0.3 is 5.97 Å². The highest BCUT2D eigenvalue weighted by atomic mass is 16.4. The van der Waals surface area contributed by atoms with Crippen molar-refractivity contribution in [3.05, 3.63) is 0 Å². The molecule has 1 N–H and O–H groups in total. The van der Waals surface area contributed by atoms with Gasteiger partial charge in [-0.25, -0.2) is 0 Å². The predicted molar refractivity (Wildman–Crippen MR) is 68.1 cm³/mol. The number of likely N-dealkylation sites (tertiary alicyclic amines) is 1.